The molecule has 1 aromatic carbocycles. The van der Waals surface area contributed by atoms with Gasteiger partial charge in [0.25, 0.3) is 5.92 Å². The topological polar surface area (TPSA) is 49.4 Å². The standard InChI is InChI=1S/C19H21F3N2O2/c1-3-16(25)24-11-19(21,22)9-13(24)10-23-17(26)18(6-7-18)14-5-4-12(2)8-15(14)20/h3-5,8,13H,1,6-7,9-11H2,2H3,(H,23,26)/t13-/m0/s1. The number of carbonyl (C=O) groups is 2. The van der Waals surface area contributed by atoms with Gasteiger partial charge < -0.3 is 10.2 Å². The number of nitrogens with zero attached hydrogens (tertiary/aromatic N) is 1. The van der Waals surface area contributed by atoms with Crippen molar-refractivity contribution in [3.63, 3.8) is 0 Å². The van der Waals surface area contributed by atoms with Gasteiger partial charge in [0.1, 0.15) is 5.82 Å². The quantitative estimate of drug-likeness (QED) is 0.815. The minimum absolute atomic E-state index is 0.0940. The molecule has 1 aliphatic carbocycles. The molecule has 140 valence electrons. The molecule has 2 fully saturated rings. The second kappa shape index (κ2) is 6.45. The maximum Gasteiger partial charge on any atom is 0.267 e. The molecular weight excluding hydrogens is 345 g/mol. The van der Waals surface area contributed by atoms with Gasteiger partial charge in [-0.1, -0.05) is 18.7 Å². The second-order valence-electron chi connectivity index (χ2n) is 7.16. The Kier molecular flexibility index (Phi) is 4.58. The lowest BCUT2D eigenvalue weighted by Gasteiger charge is -2.24. The number of hydrogen-bond acceptors (Lipinski definition) is 2. The van der Waals surface area contributed by atoms with Crippen LogP contribution in [0.1, 0.15) is 30.4 Å². The van der Waals surface area contributed by atoms with Crippen LogP contribution in [0.3, 0.4) is 0 Å². The Morgan fingerprint density at radius 3 is 2.65 bits per heavy atom. The molecule has 0 radical (unpaired) electrons. The van der Waals surface area contributed by atoms with Crippen molar-refractivity contribution in [2.24, 2.45) is 0 Å². The van der Waals surface area contributed by atoms with Gasteiger partial charge in [-0.05, 0) is 37.5 Å². The van der Waals surface area contributed by atoms with Gasteiger partial charge in [0.15, 0.2) is 0 Å². The fourth-order valence-electron chi connectivity index (χ4n) is 3.59. The number of nitrogens with one attached hydrogen (secondary N) is 1. The number of amides is 2. The van der Waals surface area contributed by atoms with E-state index in [-0.39, 0.29) is 12.5 Å². The summed E-state index contributed by atoms with van der Waals surface area (Å²) in [5, 5.41) is 2.65. The average molecular weight is 366 g/mol. The molecule has 2 aliphatic rings. The van der Waals surface area contributed by atoms with E-state index in [2.05, 4.69) is 11.9 Å². The van der Waals surface area contributed by atoms with Gasteiger partial charge in [-0.3, -0.25) is 9.59 Å². The molecule has 1 N–H and O–H groups in total. The van der Waals surface area contributed by atoms with Crippen LogP contribution < -0.4 is 5.32 Å². The number of hydrogen-bond donors (Lipinski definition) is 1. The summed E-state index contributed by atoms with van der Waals surface area (Å²) >= 11 is 0. The maximum absolute atomic E-state index is 14.3. The largest absolute Gasteiger partial charge is 0.353 e. The molecule has 4 nitrogen and oxygen atoms in total. The summed E-state index contributed by atoms with van der Waals surface area (Å²) in [6.07, 6.45) is 1.49. The van der Waals surface area contributed by atoms with Crippen LogP contribution in [0, 0.1) is 12.7 Å². The van der Waals surface area contributed by atoms with Crippen molar-refractivity contribution in [2.75, 3.05) is 13.1 Å². The summed E-state index contributed by atoms with van der Waals surface area (Å²) in [5.41, 5.74) is 0.150. The van der Waals surface area contributed by atoms with Crippen LogP contribution in [0.25, 0.3) is 0 Å². The molecule has 1 saturated heterocycles. The Labute approximate surface area is 150 Å². The van der Waals surface area contributed by atoms with Crippen LogP contribution in [-0.4, -0.2) is 41.8 Å². The van der Waals surface area contributed by atoms with Gasteiger partial charge in [0, 0.05) is 18.5 Å². The Morgan fingerprint density at radius 2 is 2.08 bits per heavy atom. The first-order valence-electron chi connectivity index (χ1n) is 8.54. The third kappa shape index (κ3) is 3.34. The summed E-state index contributed by atoms with van der Waals surface area (Å²) in [6.45, 7) is 4.31. The van der Waals surface area contributed by atoms with Crippen molar-refractivity contribution in [3.8, 4) is 0 Å². The predicted molar refractivity (Wildman–Crippen MR) is 90.3 cm³/mol. The number of carbonyl (C=O) groups excluding carboxylic acids is 2. The molecule has 0 aromatic heterocycles. The maximum atomic E-state index is 14.3. The summed E-state index contributed by atoms with van der Waals surface area (Å²) in [4.78, 5) is 25.4. The van der Waals surface area contributed by atoms with E-state index in [1.54, 1.807) is 19.1 Å². The minimum Gasteiger partial charge on any atom is -0.353 e. The zero-order valence-electron chi connectivity index (χ0n) is 14.5. The third-order valence-electron chi connectivity index (χ3n) is 5.16. The van der Waals surface area contributed by atoms with Crippen LogP contribution in [-0.2, 0) is 15.0 Å². The van der Waals surface area contributed by atoms with E-state index in [1.165, 1.54) is 6.07 Å². The second-order valence-corrected chi connectivity index (χ2v) is 7.16. The molecular formula is C19H21F3N2O2. The Morgan fingerprint density at radius 1 is 1.38 bits per heavy atom. The molecule has 0 unspecified atom stereocenters. The van der Waals surface area contributed by atoms with Crippen molar-refractivity contribution in [1.29, 1.82) is 0 Å². The highest BCUT2D eigenvalue weighted by molar-refractivity contribution is 5.91. The van der Waals surface area contributed by atoms with E-state index >= 15 is 0 Å². The summed E-state index contributed by atoms with van der Waals surface area (Å²) < 4.78 is 41.6. The van der Waals surface area contributed by atoms with Crippen molar-refractivity contribution in [3.05, 3.63) is 47.8 Å². The number of benzene rings is 1. The first kappa shape index (κ1) is 18.5. The van der Waals surface area contributed by atoms with E-state index in [4.69, 9.17) is 0 Å². The van der Waals surface area contributed by atoms with Gasteiger partial charge in [-0.2, -0.15) is 0 Å². The van der Waals surface area contributed by atoms with Crippen molar-refractivity contribution >= 4 is 11.8 Å². The fraction of sp³-hybridized carbons (Fsp3) is 0.474. The Bertz CT molecular complexity index is 759. The van der Waals surface area contributed by atoms with Crippen LogP contribution in [0.5, 0.6) is 0 Å². The lowest BCUT2D eigenvalue weighted by molar-refractivity contribution is -0.129. The van der Waals surface area contributed by atoms with Gasteiger partial charge in [-0.15, -0.1) is 0 Å². The minimum atomic E-state index is -2.99. The zero-order valence-corrected chi connectivity index (χ0v) is 14.5. The van der Waals surface area contributed by atoms with Gasteiger partial charge >= 0.3 is 0 Å². The van der Waals surface area contributed by atoms with Crippen molar-refractivity contribution in [2.45, 2.75) is 43.6 Å². The Hall–Kier alpha value is -2.31. The SMILES string of the molecule is C=CC(=O)N1CC(F)(F)C[C@H]1CNC(=O)C1(c2ccc(C)cc2F)CC1. The zero-order chi connectivity index (χ0) is 19.1. The predicted octanol–water partition coefficient (Wildman–Crippen LogP) is 2.70. The van der Waals surface area contributed by atoms with Crippen molar-refractivity contribution in [1.82, 2.24) is 10.2 Å². The smallest absolute Gasteiger partial charge is 0.267 e. The number of halogens is 3. The number of aryl methyl sites for hydroxylation is 1. The molecule has 1 saturated carbocycles. The normalized spacial score (nSPS) is 22.8. The first-order chi connectivity index (χ1) is 12.2. The molecule has 7 heteroatoms. The highest BCUT2D eigenvalue weighted by atomic mass is 19.3. The van der Waals surface area contributed by atoms with Crippen LogP contribution in [0.4, 0.5) is 13.2 Å². The molecule has 1 aromatic rings. The van der Waals surface area contributed by atoms with Gasteiger partial charge in [-0.25, -0.2) is 13.2 Å². The molecule has 2 amide bonds. The molecule has 3 rings (SSSR count). The fourth-order valence-corrected chi connectivity index (χ4v) is 3.59. The van der Waals surface area contributed by atoms with Crippen LogP contribution in [0.2, 0.25) is 0 Å². The van der Waals surface area contributed by atoms with E-state index in [9.17, 15) is 22.8 Å². The third-order valence-corrected chi connectivity index (χ3v) is 5.16. The highest BCUT2D eigenvalue weighted by Gasteiger charge is 2.53. The van der Waals surface area contributed by atoms with E-state index in [0.717, 1.165) is 16.5 Å². The summed E-state index contributed by atoms with van der Waals surface area (Å²) in [6, 6.07) is 3.92. The van der Waals surface area contributed by atoms with E-state index in [1.807, 2.05) is 0 Å². The average Bonchev–Trinajstić information content (AvgIpc) is 3.31. The van der Waals surface area contributed by atoms with Crippen LogP contribution in [0.15, 0.2) is 30.9 Å². The first-order valence-corrected chi connectivity index (χ1v) is 8.54. The monoisotopic (exact) mass is 366 g/mol. The molecule has 0 bridgehead atoms. The van der Waals surface area contributed by atoms with Gasteiger partial charge in [0.2, 0.25) is 11.8 Å². The lowest BCUT2D eigenvalue weighted by atomic mass is 9.93. The molecule has 1 heterocycles. The highest BCUT2D eigenvalue weighted by Crippen LogP contribution is 2.49. The molecule has 1 atom stereocenters. The van der Waals surface area contributed by atoms with E-state index < -0.39 is 42.1 Å². The molecule has 26 heavy (non-hydrogen) atoms. The molecule has 0 spiro atoms. The number of rotatable bonds is 5. The Balaban J connectivity index is 1.70. The van der Waals surface area contributed by atoms with Crippen molar-refractivity contribution < 1.29 is 22.8 Å². The van der Waals surface area contributed by atoms with E-state index in [0.29, 0.717) is 18.4 Å². The lowest BCUT2D eigenvalue weighted by Crippen LogP contribution is -2.45. The van der Waals surface area contributed by atoms with Crippen LogP contribution >= 0.6 is 0 Å². The number of likely N-dealkylation sites (tertiary alicyclic amines) is 1. The summed E-state index contributed by atoms with van der Waals surface area (Å²) in [5.74, 6) is -4.41. The molecule has 1 aliphatic heterocycles. The summed E-state index contributed by atoms with van der Waals surface area (Å²) in [7, 11) is 0. The number of alkyl halides is 2. The van der Waals surface area contributed by atoms with Gasteiger partial charge in [0.05, 0.1) is 18.0 Å².